The maximum atomic E-state index is 9.60. The van der Waals surface area contributed by atoms with E-state index in [2.05, 4.69) is 10.5 Å². The van der Waals surface area contributed by atoms with Crippen molar-refractivity contribution in [1.29, 1.82) is 0 Å². The fourth-order valence-electron chi connectivity index (χ4n) is 0.142. The summed E-state index contributed by atoms with van der Waals surface area (Å²) in [4.78, 5) is 19.0. The molecule has 66 valence electrons. The molecule has 0 fully saturated rings. The van der Waals surface area contributed by atoms with Gasteiger partial charge < -0.3 is 15.6 Å². The Morgan fingerprint density at radius 3 is 1.82 bits per heavy atom. The van der Waals surface area contributed by atoms with Gasteiger partial charge in [0.05, 0.1) is 6.61 Å². The summed E-state index contributed by atoms with van der Waals surface area (Å²) in [5.74, 6) is -0.745. The van der Waals surface area contributed by atoms with Crippen LogP contribution in [0.25, 0.3) is 0 Å². The second-order valence-electron chi connectivity index (χ2n) is 1.50. The first-order chi connectivity index (χ1) is 5.04. The number of ether oxygens (including phenoxy) is 1. The molecule has 0 unspecified atom stereocenters. The predicted molar refractivity (Wildman–Crippen MR) is 39.1 cm³/mol. The molecule has 0 rings (SSSR count). The second-order valence-corrected chi connectivity index (χ2v) is 1.50. The van der Waals surface area contributed by atoms with Crippen molar-refractivity contribution in [1.82, 2.24) is 0 Å². The maximum absolute atomic E-state index is 9.60. The lowest BCUT2D eigenvalue weighted by Crippen LogP contribution is -2.11. The van der Waals surface area contributed by atoms with Gasteiger partial charge in [-0.2, -0.15) is 0 Å². The van der Waals surface area contributed by atoms with Crippen molar-refractivity contribution in [3.8, 4) is 0 Å². The van der Waals surface area contributed by atoms with Crippen molar-refractivity contribution in [2.45, 2.75) is 20.3 Å². The summed E-state index contributed by atoms with van der Waals surface area (Å²) in [5.41, 5.74) is 4.54. The van der Waals surface area contributed by atoms with Crippen LogP contribution in [0.1, 0.15) is 20.3 Å². The highest BCUT2D eigenvalue weighted by Gasteiger charge is 1.82. The average molecular weight is 163 g/mol. The fraction of sp³-hybridized carbons (Fsp3) is 0.667. The number of amides is 1. The lowest BCUT2D eigenvalue weighted by atomic mass is 10.5. The third-order valence-corrected chi connectivity index (χ3v) is 0.589. The molecule has 0 aromatic heterocycles. The summed E-state index contributed by atoms with van der Waals surface area (Å²) in [6, 6.07) is 0. The van der Waals surface area contributed by atoms with Gasteiger partial charge in [0, 0.05) is 6.42 Å². The van der Waals surface area contributed by atoms with Crippen LogP contribution in [0.5, 0.6) is 0 Å². The number of rotatable bonds is 2. The molecule has 0 aromatic rings. The Morgan fingerprint density at radius 2 is 1.82 bits per heavy atom. The van der Waals surface area contributed by atoms with Crippen LogP contribution in [0, 0.1) is 0 Å². The topological polar surface area (TPSA) is 89.6 Å². The molecule has 0 aliphatic heterocycles. The zero-order valence-electron chi connectivity index (χ0n) is 6.66. The molecule has 0 aliphatic carbocycles. The van der Waals surface area contributed by atoms with E-state index >= 15 is 0 Å². The van der Waals surface area contributed by atoms with Crippen molar-refractivity contribution < 1.29 is 19.4 Å². The first-order valence-electron chi connectivity index (χ1n) is 3.18. The predicted octanol–water partition coefficient (Wildman–Crippen LogP) is 0.583. The van der Waals surface area contributed by atoms with Crippen LogP contribution >= 0.6 is 0 Å². The number of primary amides is 1. The van der Waals surface area contributed by atoms with Gasteiger partial charge in [0.25, 0.3) is 0 Å². The molecular formula is C6H13NO4. The average Bonchev–Trinajstić information content (AvgIpc) is 1.89. The molecule has 0 spiro atoms. The summed E-state index contributed by atoms with van der Waals surface area (Å²) in [5, 5.41) is 7.72. The van der Waals surface area contributed by atoms with Crippen LogP contribution in [0.15, 0.2) is 0 Å². The normalized spacial score (nSPS) is 7.45. The van der Waals surface area contributed by atoms with E-state index in [1.807, 2.05) is 0 Å². The quantitative estimate of drug-likeness (QED) is 0.623. The number of hydrogen-bond acceptors (Lipinski definition) is 3. The monoisotopic (exact) mass is 163 g/mol. The first-order valence-corrected chi connectivity index (χ1v) is 3.18. The van der Waals surface area contributed by atoms with Gasteiger partial charge >= 0.3 is 12.1 Å². The molecule has 0 bridgehead atoms. The van der Waals surface area contributed by atoms with Crippen molar-refractivity contribution in [3.63, 3.8) is 0 Å². The Bertz CT molecular complexity index is 124. The van der Waals surface area contributed by atoms with Crippen molar-refractivity contribution in [2.75, 3.05) is 6.61 Å². The summed E-state index contributed by atoms with van der Waals surface area (Å²) in [7, 11) is 0. The highest BCUT2D eigenvalue weighted by molar-refractivity contribution is 5.66. The van der Waals surface area contributed by atoms with Crippen molar-refractivity contribution in [2.24, 2.45) is 5.73 Å². The van der Waals surface area contributed by atoms with Gasteiger partial charge in [-0.05, 0) is 6.92 Å². The Kier molecular flexibility index (Phi) is 9.87. The lowest BCUT2D eigenvalue weighted by Gasteiger charge is -1.89. The van der Waals surface area contributed by atoms with E-state index in [9.17, 15) is 9.59 Å². The van der Waals surface area contributed by atoms with Gasteiger partial charge in [-0.25, -0.2) is 4.79 Å². The van der Waals surface area contributed by atoms with E-state index in [4.69, 9.17) is 5.11 Å². The van der Waals surface area contributed by atoms with Gasteiger partial charge in [-0.3, -0.25) is 4.79 Å². The van der Waals surface area contributed by atoms with Gasteiger partial charge in [-0.1, -0.05) is 6.92 Å². The van der Waals surface area contributed by atoms with Gasteiger partial charge in [0.2, 0.25) is 0 Å². The highest BCUT2D eigenvalue weighted by Crippen LogP contribution is 1.67. The number of nitrogens with two attached hydrogens (primary N) is 1. The summed E-state index contributed by atoms with van der Waals surface area (Å²) in [6.07, 6.45) is -0.488. The van der Waals surface area contributed by atoms with Gasteiger partial charge in [0.15, 0.2) is 0 Å². The van der Waals surface area contributed by atoms with Crippen molar-refractivity contribution in [3.05, 3.63) is 0 Å². The molecule has 0 saturated heterocycles. The van der Waals surface area contributed by atoms with Crippen LogP contribution in [0.2, 0.25) is 0 Å². The van der Waals surface area contributed by atoms with Crippen LogP contribution in [-0.4, -0.2) is 23.8 Å². The van der Waals surface area contributed by atoms with E-state index in [0.717, 1.165) is 0 Å². The minimum Gasteiger partial charge on any atom is -0.481 e. The number of carbonyl (C=O) groups excluding carboxylic acids is 1. The molecule has 1 amide bonds. The number of carbonyl (C=O) groups is 2. The van der Waals surface area contributed by atoms with Crippen LogP contribution < -0.4 is 5.73 Å². The smallest absolute Gasteiger partial charge is 0.404 e. The molecular weight excluding hydrogens is 150 g/mol. The molecule has 0 heterocycles. The van der Waals surface area contributed by atoms with Crippen LogP contribution in [0.4, 0.5) is 4.79 Å². The molecule has 11 heavy (non-hydrogen) atoms. The van der Waals surface area contributed by atoms with Gasteiger partial charge in [0.1, 0.15) is 0 Å². The standard InChI is InChI=1S/C3H7NO2.C3H6O2/c1-2-6-3(4)5;1-2-3(4)5/h2H2,1H3,(H2,4,5);2H2,1H3,(H,4,5). The second kappa shape index (κ2) is 8.74. The third-order valence-electron chi connectivity index (χ3n) is 0.589. The molecule has 0 saturated carbocycles. The van der Waals surface area contributed by atoms with E-state index in [1.165, 1.54) is 0 Å². The Morgan fingerprint density at radius 1 is 1.45 bits per heavy atom. The molecule has 0 aromatic carbocycles. The fourth-order valence-corrected chi connectivity index (χ4v) is 0.142. The van der Waals surface area contributed by atoms with Crippen LogP contribution in [0.3, 0.4) is 0 Å². The van der Waals surface area contributed by atoms with Gasteiger partial charge in [-0.15, -0.1) is 0 Å². The Labute approximate surface area is 65.1 Å². The minimum absolute atomic E-state index is 0.222. The number of aliphatic carboxylic acids is 1. The number of carboxylic acid groups (broad SMARTS) is 1. The number of hydrogen-bond donors (Lipinski definition) is 2. The zero-order chi connectivity index (χ0) is 9.28. The summed E-state index contributed by atoms with van der Waals surface area (Å²) in [6.45, 7) is 3.66. The SMILES string of the molecule is CCC(=O)O.CCOC(N)=O. The zero-order valence-corrected chi connectivity index (χ0v) is 6.66. The number of carboxylic acids is 1. The molecule has 0 aliphatic rings. The Hall–Kier alpha value is -1.26. The molecule has 3 N–H and O–H groups in total. The maximum Gasteiger partial charge on any atom is 0.404 e. The van der Waals surface area contributed by atoms with E-state index in [1.54, 1.807) is 13.8 Å². The first kappa shape index (κ1) is 12.4. The Balaban J connectivity index is 0. The molecule has 5 heteroatoms. The molecule has 0 radical (unpaired) electrons. The van der Waals surface area contributed by atoms with Crippen molar-refractivity contribution >= 4 is 12.1 Å². The molecule has 0 atom stereocenters. The largest absolute Gasteiger partial charge is 0.481 e. The van der Waals surface area contributed by atoms with Crippen LogP contribution in [-0.2, 0) is 9.53 Å². The van der Waals surface area contributed by atoms with E-state index in [-0.39, 0.29) is 6.42 Å². The van der Waals surface area contributed by atoms with E-state index < -0.39 is 12.1 Å². The minimum atomic E-state index is -0.745. The van der Waals surface area contributed by atoms with E-state index in [0.29, 0.717) is 6.61 Å². The third kappa shape index (κ3) is 28.4. The highest BCUT2D eigenvalue weighted by atomic mass is 16.5. The summed E-state index contributed by atoms with van der Waals surface area (Å²) >= 11 is 0. The summed E-state index contributed by atoms with van der Waals surface area (Å²) < 4.78 is 4.18. The molecule has 5 nitrogen and oxygen atoms in total. The lowest BCUT2D eigenvalue weighted by molar-refractivity contribution is -0.136.